The fourth-order valence-electron chi connectivity index (χ4n) is 2.15. The zero-order chi connectivity index (χ0) is 15.0. The number of nitrogens with zero attached hydrogens (tertiary/aromatic N) is 1. The van der Waals surface area contributed by atoms with E-state index in [9.17, 15) is 8.42 Å². The number of benzene rings is 2. The van der Waals surface area contributed by atoms with E-state index in [4.69, 9.17) is 16.3 Å². The molecule has 1 aliphatic rings. The number of ether oxygens (including phenoxy) is 1. The van der Waals surface area contributed by atoms with Crippen LogP contribution in [0, 0.1) is 0 Å². The molecule has 0 atom stereocenters. The van der Waals surface area contributed by atoms with Crippen LogP contribution in [0.15, 0.2) is 51.8 Å². The smallest absolute Gasteiger partial charge is 0.264 e. The summed E-state index contributed by atoms with van der Waals surface area (Å²) in [6, 6.07) is 11.5. The lowest BCUT2D eigenvalue weighted by atomic mass is 10.2. The van der Waals surface area contributed by atoms with Crippen LogP contribution in [-0.4, -0.2) is 21.6 Å². The van der Waals surface area contributed by atoms with Gasteiger partial charge in [0.1, 0.15) is 12.4 Å². The summed E-state index contributed by atoms with van der Waals surface area (Å²) in [5.74, 6) is 0.520. The van der Waals surface area contributed by atoms with Crippen molar-refractivity contribution in [1.82, 2.24) is 0 Å². The molecule has 0 fully saturated rings. The van der Waals surface area contributed by atoms with Crippen LogP contribution in [0.1, 0.15) is 0 Å². The molecule has 1 heterocycles. The largest absolute Gasteiger partial charge is 0.489 e. The monoisotopic (exact) mass is 387 g/mol. The van der Waals surface area contributed by atoms with Gasteiger partial charge in [-0.15, -0.1) is 0 Å². The first kappa shape index (κ1) is 14.7. The van der Waals surface area contributed by atoms with Crippen LogP contribution in [0.4, 0.5) is 5.69 Å². The minimum atomic E-state index is -3.64. The van der Waals surface area contributed by atoms with Crippen molar-refractivity contribution in [3.63, 3.8) is 0 Å². The average Bonchev–Trinajstić information content (AvgIpc) is 2.47. The summed E-state index contributed by atoms with van der Waals surface area (Å²) in [4.78, 5) is 0.235. The minimum Gasteiger partial charge on any atom is -0.489 e. The third-order valence-electron chi connectivity index (χ3n) is 3.14. The van der Waals surface area contributed by atoms with Crippen LogP contribution in [0.25, 0.3) is 0 Å². The first-order chi connectivity index (χ1) is 9.98. The summed E-state index contributed by atoms with van der Waals surface area (Å²) in [5.41, 5.74) is 0.469. The van der Waals surface area contributed by atoms with Crippen molar-refractivity contribution >= 4 is 43.2 Å². The van der Waals surface area contributed by atoms with Crippen LogP contribution < -0.4 is 9.04 Å². The quantitative estimate of drug-likeness (QED) is 0.788. The van der Waals surface area contributed by atoms with Crippen molar-refractivity contribution in [3.8, 4) is 5.75 Å². The van der Waals surface area contributed by atoms with Gasteiger partial charge in [0.05, 0.1) is 17.1 Å². The Morgan fingerprint density at radius 3 is 2.57 bits per heavy atom. The molecule has 0 radical (unpaired) electrons. The van der Waals surface area contributed by atoms with Gasteiger partial charge in [-0.1, -0.05) is 27.5 Å². The summed E-state index contributed by atoms with van der Waals surface area (Å²) >= 11 is 9.27. The molecule has 2 aromatic rings. The molecule has 3 rings (SSSR count). The van der Waals surface area contributed by atoms with E-state index in [0.717, 1.165) is 4.47 Å². The summed E-state index contributed by atoms with van der Waals surface area (Å²) in [5, 5.41) is 0.468. The molecule has 0 aromatic heterocycles. The molecule has 2 aromatic carbocycles. The summed E-state index contributed by atoms with van der Waals surface area (Å²) < 4.78 is 33.2. The molecule has 110 valence electrons. The number of fused-ring (bicyclic) bond motifs is 1. The summed E-state index contributed by atoms with van der Waals surface area (Å²) in [6.07, 6.45) is 0. The lowest BCUT2D eigenvalue weighted by molar-refractivity contribution is 0.316. The van der Waals surface area contributed by atoms with Crippen LogP contribution >= 0.6 is 27.5 Å². The molecular formula is C14H11BrClNO3S. The zero-order valence-electron chi connectivity index (χ0n) is 10.8. The van der Waals surface area contributed by atoms with Gasteiger partial charge in [-0.3, -0.25) is 4.31 Å². The average molecular weight is 389 g/mol. The van der Waals surface area contributed by atoms with E-state index in [0.29, 0.717) is 23.1 Å². The van der Waals surface area contributed by atoms with Gasteiger partial charge in [-0.2, -0.15) is 0 Å². The Morgan fingerprint density at radius 1 is 1.14 bits per heavy atom. The lowest BCUT2D eigenvalue weighted by Gasteiger charge is -2.30. The predicted octanol–water partition coefficient (Wildman–Crippen LogP) is 3.69. The van der Waals surface area contributed by atoms with Crippen molar-refractivity contribution in [1.29, 1.82) is 0 Å². The second-order valence-corrected chi connectivity index (χ2v) is 7.71. The van der Waals surface area contributed by atoms with E-state index in [1.165, 1.54) is 4.31 Å². The van der Waals surface area contributed by atoms with Gasteiger partial charge in [-0.05, 0) is 42.5 Å². The Hall–Kier alpha value is -1.24. The highest BCUT2D eigenvalue weighted by atomic mass is 79.9. The van der Waals surface area contributed by atoms with Crippen molar-refractivity contribution in [3.05, 3.63) is 52.0 Å². The minimum absolute atomic E-state index is 0.235. The van der Waals surface area contributed by atoms with E-state index >= 15 is 0 Å². The molecule has 0 bridgehead atoms. The van der Waals surface area contributed by atoms with E-state index in [1.807, 2.05) is 0 Å². The van der Waals surface area contributed by atoms with Gasteiger partial charge >= 0.3 is 0 Å². The molecule has 0 aliphatic carbocycles. The molecule has 0 spiro atoms. The van der Waals surface area contributed by atoms with E-state index in [1.54, 1.807) is 42.5 Å². The molecule has 0 saturated carbocycles. The second kappa shape index (κ2) is 5.51. The maximum Gasteiger partial charge on any atom is 0.264 e. The number of rotatable bonds is 2. The van der Waals surface area contributed by atoms with Crippen LogP contribution in [0.2, 0.25) is 5.02 Å². The molecule has 4 nitrogen and oxygen atoms in total. The standard InChI is InChI=1S/C14H11BrClNO3S/c15-10-1-4-12(5-2-10)21(18,19)17-7-8-20-14-6-3-11(16)9-13(14)17/h1-6,9H,7-8H2. The predicted molar refractivity (Wildman–Crippen MR) is 85.6 cm³/mol. The van der Waals surface area contributed by atoms with Gasteiger partial charge in [0, 0.05) is 9.50 Å². The van der Waals surface area contributed by atoms with Gasteiger partial charge in [-0.25, -0.2) is 8.42 Å². The topological polar surface area (TPSA) is 46.6 Å². The fraction of sp³-hybridized carbons (Fsp3) is 0.143. The number of halogens is 2. The number of anilines is 1. The van der Waals surface area contributed by atoms with Crippen molar-refractivity contribution in [2.24, 2.45) is 0 Å². The SMILES string of the molecule is O=S(=O)(c1ccc(Br)cc1)N1CCOc2ccc(Cl)cc21. The van der Waals surface area contributed by atoms with Crippen molar-refractivity contribution < 1.29 is 13.2 Å². The van der Waals surface area contributed by atoms with Crippen LogP contribution in [0.3, 0.4) is 0 Å². The summed E-state index contributed by atoms with van der Waals surface area (Å²) in [7, 11) is -3.64. The zero-order valence-corrected chi connectivity index (χ0v) is 14.0. The van der Waals surface area contributed by atoms with Gasteiger partial charge in [0.15, 0.2) is 0 Å². The van der Waals surface area contributed by atoms with E-state index in [2.05, 4.69) is 15.9 Å². The highest BCUT2D eigenvalue weighted by Crippen LogP contribution is 2.37. The van der Waals surface area contributed by atoms with Crippen molar-refractivity contribution in [2.75, 3.05) is 17.5 Å². The Morgan fingerprint density at radius 2 is 1.86 bits per heavy atom. The van der Waals surface area contributed by atoms with Crippen LogP contribution in [-0.2, 0) is 10.0 Å². The molecule has 7 heteroatoms. The first-order valence-corrected chi connectivity index (χ1v) is 8.80. The lowest BCUT2D eigenvalue weighted by Crippen LogP contribution is -2.37. The second-order valence-electron chi connectivity index (χ2n) is 4.49. The Bertz CT molecular complexity index is 777. The molecule has 1 aliphatic heterocycles. The molecule has 0 N–H and O–H groups in total. The fourth-order valence-corrected chi connectivity index (χ4v) is 4.03. The Balaban J connectivity index is 2.09. The maximum absolute atomic E-state index is 12.8. The van der Waals surface area contributed by atoms with Gasteiger partial charge in [0.2, 0.25) is 0 Å². The molecular weight excluding hydrogens is 378 g/mol. The van der Waals surface area contributed by atoms with Gasteiger partial charge < -0.3 is 4.74 Å². The third kappa shape index (κ3) is 2.75. The highest BCUT2D eigenvalue weighted by Gasteiger charge is 2.30. The molecule has 21 heavy (non-hydrogen) atoms. The number of hydrogen-bond acceptors (Lipinski definition) is 3. The molecule has 0 unspecified atom stereocenters. The molecule has 0 saturated heterocycles. The maximum atomic E-state index is 12.8. The summed E-state index contributed by atoms with van der Waals surface area (Å²) in [6.45, 7) is 0.566. The van der Waals surface area contributed by atoms with Crippen molar-refractivity contribution in [2.45, 2.75) is 4.90 Å². The number of sulfonamides is 1. The van der Waals surface area contributed by atoms with E-state index in [-0.39, 0.29) is 11.4 Å². The Labute approximate surface area is 136 Å². The number of hydrogen-bond donors (Lipinski definition) is 0. The third-order valence-corrected chi connectivity index (χ3v) is 5.73. The first-order valence-electron chi connectivity index (χ1n) is 6.19. The molecule has 0 amide bonds. The van der Waals surface area contributed by atoms with E-state index < -0.39 is 10.0 Å². The normalized spacial score (nSPS) is 14.5. The Kier molecular flexibility index (Phi) is 3.86. The van der Waals surface area contributed by atoms with Gasteiger partial charge in [0.25, 0.3) is 10.0 Å². The highest BCUT2D eigenvalue weighted by molar-refractivity contribution is 9.10. The van der Waals surface area contributed by atoms with Crippen LogP contribution in [0.5, 0.6) is 5.75 Å².